The quantitative estimate of drug-likeness (QED) is 0.0871. The van der Waals surface area contributed by atoms with Gasteiger partial charge in [-0.05, 0) is 101 Å². The van der Waals surface area contributed by atoms with Crippen LogP contribution in [0.3, 0.4) is 0 Å². The first-order valence-corrected chi connectivity index (χ1v) is 14.5. The van der Waals surface area contributed by atoms with Crippen LogP contribution in [0.5, 0.6) is 5.75 Å². The Hall–Kier alpha value is -3.53. The van der Waals surface area contributed by atoms with Gasteiger partial charge in [0.05, 0.1) is 18.0 Å². The molecule has 5 rings (SSSR count). The van der Waals surface area contributed by atoms with E-state index < -0.39 is 11.8 Å². The number of halogens is 2. The van der Waals surface area contributed by atoms with Crippen LogP contribution in [0, 0.1) is 3.57 Å². The number of para-hydroxylation sites is 2. The average Bonchev–Trinajstić information content (AvgIpc) is 2.95. The van der Waals surface area contributed by atoms with Crippen LogP contribution >= 0.6 is 46.4 Å². The minimum atomic E-state index is -0.485. The van der Waals surface area contributed by atoms with Crippen LogP contribution in [0.25, 0.3) is 6.08 Å². The summed E-state index contributed by atoms with van der Waals surface area (Å²) in [5, 5.41) is 0.785. The molecule has 1 aliphatic heterocycles. The lowest BCUT2D eigenvalue weighted by Crippen LogP contribution is -2.56. The normalized spacial score (nSPS) is 13.6. The molecule has 200 valence electrons. The van der Waals surface area contributed by atoms with Crippen molar-refractivity contribution in [3.63, 3.8) is 0 Å². The second-order valence-electron chi connectivity index (χ2n) is 8.97. The Kier molecular flexibility index (Phi) is 8.63. The van der Waals surface area contributed by atoms with Crippen LogP contribution < -0.4 is 14.5 Å². The van der Waals surface area contributed by atoms with E-state index in [-0.39, 0.29) is 10.7 Å². The van der Waals surface area contributed by atoms with Crippen LogP contribution in [0.4, 0.5) is 11.4 Å². The Labute approximate surface area is 257 Å². The molecule has 0 spiro atoms. The van der Waals surface area contributed by atoms with Crippen molar-refractivity contribution in [3.8, 4) is 5.75 Å². The molecule has 8 heteroatoms. The summed E-state index contributed by atoms with van der Waals surface area (Å²) >= 11 is 14.4. The van der Waals surface area contributed by atoms with E-state index in [2.05, 4.69) is 22.6 Å². The Morgan fingerprint density at radius 3 is 1.95 bits per heavy atom. The van der Waals surface area contributed by atoms with Gasteiger partial charge in [-0.3, -0.25) is 19.4 Å². The topological polar surface area (TPSA) is 49.9 Å². The first kappa shape index (κ1) is 28.0. The van der Waals surface area contributed by atoms with Crippen LogP contribution in [0.2, 0.25) is 5.02 Å². The lowest BCUT2D eigenvalue weighted by Gasteiger charge is -2.36. The van der Waals surface area contributed by atoms with Gasteiger partial charge in [0.1, 0.15) is 11.3 Å². The number of anilines is 2. The maximum atomic E-state index is 13.8. The van der Waals surface area contributed by atoms with Crippen molar-refractivity contribution >= 4 is 80.8 Å². The van der Waals surface area contributed by atoms with Crippen molar-refractivity contribution in [3.05, 3.63) is 128 Å². The number of carbonyl (C=O) groups excluding carboxylic acids is 2. The van der Waals surface area contributed by atoms with E-state index in [4.69, 9.17) is 28.6 Å². The Bertz CT molecular complexity index is 1560. The summed E-state index contributed by atoms with van der Waals surface area (Å²) in [4.78, 5) is 30.5. The van der Waals surface area contributed by atoms with E-state index in [1.54, 1.807) is 30.3 Å². The molecule has 0 unspecified atom stereocenters. The second-order valence-corrected chi connectivity index (χ2v) is 10.9. The predicted molar refractivity (Wildman–Crippen MR) is 173 cm³/mol. The molecule has 0 saturated carbocycles. The highest BCUT2D eigenvalue weighted by Crippen LogP contribution is 2.34. The van der Waals surface area contributed by atoms with Crippen LogP contribution in [-0.2, 0) is 16.0 Å². The number of hydrogen-bond acceptors (Lipinski definition) is 4. The lowest BCUT2D eigenvalue weighted by molar-refractivity contribution is -0.120. The molecular weight excluding hydrogens is 655 g/mol. The molecule has 1 fully saturated rings. The number of thiocarbonyl (C=S) groups is 1. The maximum absolute atomic E-state index is 13.8. The number of nitrogens with zero attached hydrogens (tertiary/aromatic N) is 2. The highest BCUT2D eigenvalue weighted by atomic mass is 127. The molecule has 1 saturated heterocycles. The fourth-order valence-electron chi connectivity index (χ4n) is 4.51. The van der Waals surface area contributed by atoms with Crippen LogP contribution in [0.1, 0.15) is 23.6 Å². The van der Waals surface area contributed by atoms with Gasteiger partial charge in [0.15, 0.2) is 5.11 Å². The average molecular weight is 679 g/mol. The first-order valence-electron chi connectivity index (χ1n) is 12.6. The van der Waals surface area contributed by atoms with Crippen molar-refractivity contribution < 1.29 is 14.3 Å². The number of ether oxygens (including phenoxy) is 1. The molecule has 0 atom stereocenters. The highest BCUT2D eigenvalue weighted by molar-refractivity contribution is 14.1. The van der Waals surface area contributed by atoms with Gasteiger partial charge in [-0.15, -0.1) is 0 Å². The molecule has 1 heterocycles. The van der Waals surface area contributed by atoms with E-state index in [9.17, 15) is 9.59 Å². The fourth-order valence-corrected chi connectivity index (χ4v) is 5.90. The van der Waals surface area contributed by atoms with Gasteiger partial charge in [0, 0.05) is 20.6 Å². The minimum absolute atomic E-state index is 0.00147. The molecular formula is C32H24ClIN2O3S. The number of hydrogen-bond donors (Lipinski definition) is 0. The van der Waals surface area contributed by atoms with Crippen molar-refractivity contribution in [1.82, 2.24) is 0 Å². The third-order valence-electron chi connectivity index (χ3n) is 6.39. The molecule has 0 aromatic heterocycles. The Balaban J connectivity index is 1.61. The fraction of sp³-hybridized carbons (Fsp3) is 0.0938. The number of carbonyl (C=O) groups is 2. The summed E-state index contributed by atoms with van der Waals surface area (Å²) in [7, 11) is 0. The van der Waals surface area contributed by atoms with E-state index in [1.165, 1.54) is 9.80 Å². The van der Waals surface area contributed by atoms with Crippen molar-refractivity contribution in [2.24, 2.45) is 0 Å². The lowest BCUT2D eigenvalue weighted by atomic mass is 10.00. The van der Waals surface area contributed by atoms with Gasteiger partial charge >= 0.3 is 0 Å². The van der Waals surface area contributed by atoms with E-state index >= 15 is 0 Å². The van der Waals surface area contributed by atoms with E-state index in [0.29, 0.717) is 40.7 Å². The van der Waals surface area contributed by atoms with Gasteiger partial charge in [0.2, 0.25) is 0 Å². The summed E-state index contributed by atoms with van der Waals surface area (Å²) in [6.45, 7) is 2.38. The molecule has 2 amide bonds. The zero-order valence-corrected chi connectivity index (χ0v) is 25.2. The molecule has 5 nitrogen and oxygen atoms in total. The highest BCUT2D eigenvalue weighted by Gasteiger charge is 2.41. The maximum Gasteiger partial charge on any atom is 0.270 e. The zero-order valence-electron chi connectivity index (χ0n) is 21.5. The third kappa shape index (κ3) is 5.68. The second kappa shape index (κ2) is 12.3. The molecule has 1 aliphatic rings. The van der Waals surface area contributed by atoms with Gasteiger partial charge in [-0.25, -0.2) is 0 Å². The minimum Gasteiger partial charge on any atom is -0.494 e. The van der Waals surface area contributed by atoms with Gasteiger partial charge in [-0.2, -0.15) is 0 Å². The molecule has 0 aliphatic carbocycles. The molecule has 0 N–H and O–H groups in total. The Morgan fingerprint density at radius 2 is 1.40 bits per heavy atom. The molecule has 0 bridgehead atoms. The molecule has 40 heavy (non-hydrogen) atoms. The molecule has 4 aromatic rings. The largest absolute Gasteiger partial charge is 0.494 e. The van der Waals surface area contributed by atoms with Gasteiger partial charge in [-0.1, -0.05) is 66.2 Å². The number of benzene rings is 4. The molecule has 0 radical (unpaired) electrons. The van der Waals surface area contributed by atoms with Crippen LogP contribution in [0.15, 0.2) is 103 Å². The monoisotopic (exact) mass is 678 g/mol. The van der Waals surface area contributed by atoms with E-state index in [1.807, 2.05) is 79.7 Å². The standard InChI is InChI=1S/C32H24ClIN2O3S/c1-2-39-29-19-21(18-28(34)25(29)20-22-11-9-10-16-27(22)33)17-26-30(37)35(23-12-5-3-6-13-23)32(40)36(31(26)38)24-14-7-4-8-15-24/h3-19H,2,20H2,1H3. The summed E-state index contributed by atoms with van der Waals surface area (Å²) in [5.74, 6) is -0.296. The van der Waals surface area contributed by atoms with E-state index in [0.717, 1.165) is 14.7 Å². The van der Waals surface area contributed by atoms with Crippen molar-refractivity contribution in [1.29, 1.82) is 0 Å². The summed E-state index contributed by atoms with van der Waals surface area (Å²) in [5.41, 5.74) is 3.79. The predicted octanol–water partition coefficient (Wildman–Crippen LogP) is 7.68. The summed E-state index contributed by atoms with van der Waals surface area (Å²) < 4.78 is 6.95. The van der Waals surface area contributed by atoms with Crippen LogP contribution in [-0.4, -0.2) is 23.5 Å². The SMILES string of the molecule is CCOc1cc(C=C2C(=O)N(c3ccccc3)C(=S)N(c3ccccc3)C2=O)cc(I)c1Cc1ccccc1Cl. The third-order valence-corrected chi connectivity index (χ3v) is 8.09. The number of rotatable bonds is 7. The molecule has 4 aromatic carbocycles. The van der Waals surface area contributed by atoms with Crippen molar-refractivity contribution in [2.45, 2.75) is 13.3 Å². The summed E-state index contributed by atoms with van der Waals surface area (Å²) in [6.07, 6.45) is 2.20. The smallest absolute Gasteiger partial charge is 0.270 e. The Morgan fingerprint density at radius 1 is 0.850 bits per heavy atom. The summed E-state index contributed by atoms with van der Waals surface area (Å²) in [6, 6.07) is 29.7. The zero-order chi connectivity index (χ0) is 28.2. The van der Waals surface area contributed by atoms with Gasteiger partial charge < -0.3 is 4.74 Å². The van der Waals surface area contributed by atoms with Gasteiger partial charge in [0.25, 0.3) is 11.8 Å². The number of amides is 2. The first-order chi connectivity index (χ1) is 19.4. The van der Waals surface area contributed by atoms with Crippen molar-refractivity contribution in [2.75, 3.05) is 16.4 Å².